The zero-order valence-corrected chi connectivity index (χ0v) is 12.4. The molecule has 0 radical (unpaired) electrons. The number of carbonyl (C=O) groups excluding carboxylic acids is 1. The van der Waals surface area contributed by atoms with Crippen molar-refractivity contribution in [2.45, 2.75) is 17.9 Å². The van der Waals surface area contributed by atoms with Crippen LogP contribution in [0, 0.1) is 0 Å². The van der Waals surface area contributed by atoms with Gasteiger partial charge in [-0.2, -0.15) is 0 Å². The normalized spacial score (nSPS) is 10.7. The number of nitrogens with one attached hydrogen (secondary N) is 2. The molecule has 0 saturated heterocycles. The lowest BCUT2D eigenvalue weighted by atomic mass is 10.3. The summed E-state index contributed by atoms with van der Waals surface area (Å²) in [6.45, 7) is 0.695. The highest BCUT2D eigenvalue weighted by molar-refractivity contribution is 7.99. The Balaban J connectivity index is 1.69. The number of carbonyl (C=O) groups is 1. The number of unbranched alkanes of at least 4 members (excludes halogenated alkanes) is 1. The molecule has 0 aliphatic rings. The van der Waals surface area contributed by atoms with E-state index in [4.69, 9.17) is 0 Å². The van der Waals surface area contributed by atoms with Crippen LogP contribution in [0.3, 0.4) is 0 Å². The Labute approximate surface area is 121 Å². The molecule has 20 heavy (non-hydrogen) atoms. The van der Waals surface area contributed by atoms with Gasteiger partial charge in [-0.15, -0.1) is 11.8 Å². The van der Waals surface area contributed by atoms with Crippen LogP contribution in [0.5, 0.6) is 0 Å². The first-order chi connectivity index (χ1) is 9.68. The van der Waals surface area contributed by atoms with Gasteiger partial charge in [0.25, 0.3) is 0 Å². The highest BCUT2D eigenvalue weighted by Crippen LogP contribution is 2.22. The van der Waals surface area contributed by atoms with Crippen molar-refractivity contribution < 1.29 is 4.79 Å². The molecule has 2 aromatic heterocycles. The highest BCUT2D eigenvalue weighted by atomic mass is 32.2. The molecule has 0 aliphatic heterocycles. The first kappa shape index (κ1) is 14.6. The summed E-state index contributed by atoms with van der Waals surface area (Å²) in [6, 6.07) is -0.0485. The summed E-state index contributed by atoms with van der Waals surface area (Å²) >= 11 is 1.67. The molecule has 0 aromatic carbocycles. The van der Waals surface area contributed by atoms with Crippen LogP contribution in [0.1, 0.15) is 12.8 Å². The largest absolute Gasteiger partial charge is 0.341 e. The minimum Gasteiger partial charge on any atom is -0.341 e. The lowest BCUT2D eigenvalue weighted by Gasteiger charge is -2.11. The van der Waals surface area contributed by atoms with E-state index in [9.17, 15) is 4.79 Å². The molecule has 108 valence electrons. The van der Waals surface area contributed by atoms with Crippen LogP contribution in [0.15, 0.2) is 17.7 Å². The van der Waals surface area contributed by atoms with E-state index in [1.165, 1.54) is 11.2 Å². The van der Waals surface area contributed by atoms with E-state index < -0.39 is 0 Å². The maximum Gasteiger partial charge on any atom is 0.316 e. The molecule has 7 nitrogen and oxygen atoms in total. The topological polar surface area (TPSA) is 86.8 Å². The van der Waals surface area contributed by atoms with Crippen LogP contribution in [0.4, 0.5) is 4.79 Å². The predicted molar refractivity (Wildman–Crippen MR) is 78.7 cm³/mol. The van der Waals surface area contributed by atoms with Crippen LogP contribution in [0.25, 0.3) is 11.2 Å². The molecular weight excluding hydrogens is 276 g/mol. The molecule has 0 fully saturated rings. The van der Waals surface area contributed by atoms with Gasteiger partial charge in [-0.05, 0) is 18.6 Å². The van der Waals surface area contributed by atoms with Crippen molar-refractivity contribution in [3.63, 3.8) is 0 Å². The van der Waals surface area contributed by atoms with Gasteiger partial charge in [-0.25, -0.2) is 19.7 Å². The fourth-order valence-electron chi connectivity index (χ4n) is 1.60. The van der Waals surface area contributed by atoms with Gasteiger partial charge in [0.05, 0.1) is 6.33 Å². The third-order valence-corrected chi connectivity index (χ3v) is 3.76. The lowest BCUT2D eigenvalue weighted by Crippen LogP contribution is -2.34. The second kappa shape index (κ2) is 7.09. The summed E-state index contributed by atoms with van der Waals surface area (Å²) in [5.74, 6) is 0.947. The minimum atomic E-state index is -0.0485. The Morgan fingerprint density at radius 1 is 1.35 bits per heavy atom. The average Bonchev–Trinajstić information content (AvgIpc) is 2.91. The van der Waals surface area contributed by atoms with Crippen molar-refractivity contribution in [3.05, 3.63) is 12.7 Å². The van der Waals surface area contributed by atoms with Crippen LogP contribution in [-0.2, 0) is 0 Å². The van der Waals surface area contributed by atoms with Gasteiger partial charge in [-0.1, -0.05) is 0 Å². The third kappa shape index (κ3) is 3.83. The molecule has 0 aliphatic carbocycles. The number of hydrogen-bond acceptors (Lipinski definition) is 5. The van der Waals surface area contributed by atoms with Gasteiger partial charge >= 0.3 is 6.03 Å². The van der Waals surface area contributed by atoms with E-state index in [1.54, 1.807) is 32.2 Å². The smallest absolute Gasteiger partial charge is 0.316 e. The maximum absolute atomic E-state index is 11.3. The molecule has 8 heteroatoms. The van der Waals surface area contributed by atoms with Crippen LogP contribution < -0.4 is 5.32 Å². The van der Waals surface area contributed by atoms with E-state index in [1.807, 2.05) is 0 Å². The monoisotopic (exact) mass is 294 g/mol. The van der Waals surface area contributed by atoms with Crippen molar-refractivity contribution >= 4 is 29.0 Å². The van der Waals surface area contributed by atoms with Crippen molar-refractivity contribution in [2.75, 3.05) is 26.4 Å². The van der Waals surface area contributed by atoms with Crippen LogP contribution >= 0.6 is 11.8 Å². The number of amides is 2. The van der Waals surface area contributed by atoms with Crippen molar-refractivity contribution in [1.29, 1.82) is 0 Å². The molecule has 2 amide bonds. The molecule has 0 atom stereocenters. The SMILES string of the molecule is CN(C)C(=O)NCCCCSc1ncnc2nc[nH]c12. The fourth-order valence-corrected chi connectivity index (χ4v) is 2.56. The minimum absolute atomic E-state index is 0.0485. The molecule has 0 saturated carbocycles. The Morgan fingerprint density at radius 3 is 3.00 bits per heavy atom. The first-order valence-corrected chi connectivity index (χ1v) is 7.39. The number of nitrogens with zero attached hydrogens (tertiary/aromatic N) is 4. The Bertz CT molecular complexity index is 570. The summed E-state index contributed by atoms with van der Waals surface area (Å²) in [4.78, 5) is 28.3. The molecule has 2 heterocycles. The molecular formula is C12H18N6OS. The van der Waals surface area contributed by atoms with Gasteiger partial charge in [-0.3, -0.25) is 0 Å². The van der Waals surface area contributed by atoms with E-state index in [0.29, 0.717) is 12.2 Å². The number of thioether (sulfide) groups is 1. The van der Waals surface area contributed by atoms with Gasteiger partial charge in [0.15, 0.2) is 5.65 Å². The highest BCUT2D eigenvalue weighted by Gasteiger charge is 2.06. The number of fused-ring (bicyclic) bond motifs is 1. The molecule has 0 unspecified atom stereocenters. The molecule has 2 rings (SSSR count). The second-order valence-corrected chi connectivity index (χ2v) is 5.55. The van der Waals surface area contributed by atoms with Crippen molar-refractivity contribution in [1.82, 2.24) is 30.2 Å². The summed E-state index contributed by atoms with van der Waals surface area (Å²) in [7, 11) is 3.46. The number of imidazole rings is 1. The fraction of sp³-hybridized carbons (Fsp3) is 0.500. The standard InChI is InChI=1S/C12H18N6OS/c1-18(2)12(19)13-5-3-4-6-20-11-9-10(15-7-14-9)16-8-17-11/h7-8H,3-6H2,1-2H3,(H,13,19)(H,14,15,16,17). The van der Waals surface area contributed by atoms with Gasteiger partial charge in [0.1, 0.15) is 16.9 Å². The number of aromatic nitrogens is 4. The number of hydrogen-bond donors (Lipinski definition) is 2. The summed E-state index contributed by atoms with van der Waals surface area (Å²) < 4.78 is 0. The number of urea groups is 1. The summed E-state index contributed by atoms with van der Waals surface area (Å²) in [5.41, 5.74) is 1.58. The quantitative estimate of drug-likeness (QED) is 0.479. The lowest BCUT2D eigenvalue weighted by molar-refractivity contribution is 0.217. The van der Waals surface area contributed by atoms with Gasteiger partial charge in [0.2, 0.25) is 0 Å². The Kier molecular flexibility index (Phi) is 5.16. The summed E-state index contributed by atoms with van der Waals surface area (Å²) in [6.07, 6.45) is 5.12. The Hall–Kier alpha value is -1.83. The second-order valence-electron chi connectivity index (χ2n) is 4.46. The molecule has 0 bridgehead atoms. The van der Waals surface area contributed by atoms with Crippen LogP contribution in [-0.4, -0.2) is 57.3 Å². The molecule has 2 N–H and O–H groups in total. The van der Waals surface area contributed by atoms with Gasteiger partial charge < -0.3 is 15.2 Å². The summed E-state index contributed by atoms with van der Waals surface area (Å²) in [5, 5.41) is 3.76. The zero-order chi connectivity index (χ0) is 14.4. The molecule has 2 aromatic rings. The van der Waals surface area contributed by atoms with E-state index in [2.05, 4.69) is 25.3 Å². The third-order valence-electron chi connectivity index (χ3n) is 2.68. The average molecular weight is 294 g/mol. The van der Waals surface area contributed by atoms with Crippen molar-refractivity contribution in [3.8, 4) is 0 Å². The van der Waals surface area contributed by atoms with E-state index in [-0.39, 0.29) is 6.03 Å². The molecule has 0 spiro atoms. The number of rotatable bonds is 6. The van der Waals surface area contributed by atoms with Gasteiger partial charge in [0, 0.05) is 20.6 Å². The Morgan fingerprint density at radius 2 is 2.20 bits per heavy atom. The van der Waals surface area contributed by atoms with E-state index >= 15 is 0 Å². The zero-order valence-electron chi connectivity index (χ0n) is 11.6. The van der Waals surface area contributed by atoms with E-state index in [0.717, 1.165) is 29.1 Å². The first-order valence-electron chi connectivity index (χ1n) is 6.40. The predicted octanol–water partition coefficient (Wildman–Crippen LogP) is 1.50. The maximum atomic E-state index is 11.3. The van der Waals surface area contributed by atoms with Crippen molar-refractivity contribution in [2.24, 2.45) is 0 Å². The number of aromatic amines is 1. The number of H-pyrrole nitrogens is 1. The van der Waals surface area contributed by atoms with Crippen LogP contribution in [0.2, 0.25) is 0 Å².